The standard InChI is InChI=1S/C15H17NO2S/c1-2-18-15(17)9-16-13-6-4-3-5-11(13)12-10-19-8-7-14(12)16/h3-6H,2,7-10H2,1H3. The maximum Gasteiger partial charge on any atom is 0.325 e. The Kier molecular flexibility index (Phi) is 3.51. The molecule has 3 rings (SSSR count). The van der Waals surface area contributed by atoms with Crippen molar-refractivity contribution in [2.75, 3.05) is 12.4 Å². The lowest BCUT2D eigenvalue weighted by molar-refractivity contribution is -0.143. The Labute approximate surface area is 116 Å². The van der Waals surface area contributed by atoms with Crippen LogP contribution in [0, 0.1) is 0 Å². The molecule has 1 aromatic carbocycles. The van der Waals surface area contributed by atoms with Crippen molar-refractivity contribution in [3.63, 3.8) is 0 Å². The van der Waals surface area contributed by atoms with Gasteiger partial charge in [-0.05, 0) is 30.7 Å². The molecular formula is C15H17NO2S. The average Bonchev–Trinajstić information content (AvgIpc) is 2.75. The van der Waals surface area contributed by atoms with Gasteiger partial charge in [-0.3, -0.25) is 4.79 Å². The molecule has 0 fully saturated rings. The van der Waals surface area contributed by atoms with Crippen LogP contribution in [0.1, 0.15) is 18.2 Å². The van der Waals surface area contributed by atoms with E-state index in [9.17, 15) is 4.79 Å². The van der Waals surface area contributed by atoms with Gasteiger partial charge >= 0.3 is 5.97 Å². The highest BCUT2D eigenvalue weighted by atomic mass is 32.2. The van der Waals surface area contributed by atoms with Gasteiger partial charge in [0.05, 0.1) is 6.61 Å². The first-order valence-electron chi connectivity index (χ1n) is 6.63. The van der Waals surface area contributed by atoms with Gasteiger partial charge in [-0.2, -0.15) is 11.8 Å². The molecule has 0 aliphatic carbocycles. The number of hydrogen-bond acceptors (Lipinski definition) is 3. The summed E-state index contributed by atoms with van der Waals surface area (Å²) in [6.45, 7) is 2.61. The van der Waals surface area contributed by atoms with Gasteiger partial charge in [-0.25, -0.2) is 0 Å². The highest BCUT2D eigenvalue weighted by Crippen LogP contribution is 2.33. The summed E-state index contributed by atoms with van der Waals surface area (Å²) in [5.41, 5.74) is 3.87. The van der Waals surface area contributed by atoms with E-state index in [1.165, 1.54) is 16.6 Å². The zero-order valence-electron chi connectivity index (χ0n) is 11.0. The molecule has 0 atom stereocenters. The van der Waals surface area contributed by atoms with Crippen molar-refractivity contribution < 1.29 is 9.53 Å². The highest BCUT2D eigenvalue weighted by molar-refractivity contribution is 7.98. The molecule has 1 aliphatic rings. The average molecular weight is 275 g/mol. The maximum absolute atomic E-state index is 11.8. The van der Waals surface area contributed by atoms with Crippen molar-refractivity contribution >= 4 is 28.6 Å². The van der Waals surface area contributed by atoms with Gasteiger partial charge in [0.15, 0.2) is 0 Å². The van der Waals surface area contributed by atoms with Crippen molar-refractivity contribution in [1.29, 1.82) is 0 Å². The lowest BCUT2D eigenvalue weighted by Crippen LogP contribution is -2.17. The molecule has 0 unspecified atom stereocenters. The quantitative estimate of drug-likeness (QED) is 0.807. The Bertz CT molecular complexity index is 618. The van der Waals surface area contributed by atoms with Gasteiger partial charge in [-0.15, -0.1) is 0 Å². The van der Waals surface area contributed by atoms with E-state index in [1.54, 1.807) is 0 Å². The monoisotopic (exact) mass is 275 g/mol. The summed E-state index contributed by atoms with van der Waals surface area (Å²) in [4.78, 5) is 11.8. The third-order valence-electron chi connectivity index (χ3n) is 3.52. The Morgan fingerprint density at radius 2 is 2.26 bits per heavy atom. The van der Waals surface area contributed by atoms with Crippen molar-refractivity contribution in [2.24, 2.45) is 0 Å². The summed E-state index contributed by atoms with van der Waals surface area (Å²) >= 11 is 1.97. The van der Waals surface area contributed by atoms with Crippen LogP contribution in [-0.2, 0) is 28.2 Å². The van der Waals surface area contributed by atoms with E-state index in [2.05, 4.69) is 22.8 Å². The Balaban J connectivity index is 2.09. The molecule has 0 bridgehead atoms. The Hall–Kier alpha value is -1.42. The number of rotatable bonds is 3. The molecule has 0 saturated carbocycles. The molecule has 0 spiro atoms. The number of aromatic nitrogens is 1. The number of benzene rings is 1. The molecule has 2 aromatic rings. The summed E-state index contributed by atoms with van der Waals surface area (Å²) in [5, 5.41) is 1.29. The minimum atomic E-state index is -0.149. The minimum Gasteiger partial charge on any atom is -0.465 e. The summed E-state index contributed by atoms with van der Waals surface area (Å²) in [6.07, 6.45) is 1.04. The van der Waals surface area contributed by atoms with Crippen LogP contribution in [0.4, 0.5) is 0 Å². The molecule has 0 radical (unpaired) electrons. The van der Waals surface area contributed by atoms with Crippen molar-refractivity contribution in [3.8, 4) is 0 Å². The van der Waals surface area contributed by atoms with Crippen LogP contribution in [0.2, 0.25) is 0 Å². The predicted octanol–water partition coefficient (Wildman–Crippen LogP) is 2.99. The number of ether oxygens (including phenoxy) is 1. The number of fused-ring (bicyclic) bond motifs is 3. The number of carbonyl (C=O) groups is 1. The zero-order valence-corrected chi connectivity index (χ0v) is 11.8. The van der Waals surface area contributed by atoms with Gasteiger partial charge in [0.25, 0.3) is 0 Å². The summed E-state index contributed by atoms with van der Waals surface area (Å²) in [6, 6.07) is 8.35. The van der Waals surface area contributed by atoms with E-state index in [4.69, 9.17) is 4.74 Å². The SMILES string of the molecule is CCOC(=O)Cn1c2c(c3ccccc31)CSCC2. The fraction of sp³-hybridized carbons (Fsp3) is 0.400. The van der Waals surface area contributed by atoms with Crippen LogP contribution < -0.4 is 0 Å². The van der Waals surface area contributed by atoms with E-state index >= 15 is 0 Å². The molecule has 0 amide bonds. The van der Waals surface area contributed by atoms with Gasteiger partial charge in [0.1, 0.15) is 6.54 Å². The zero-order chi connectivity index (χ0) is 13.2. The number of hydrogen-bond donors (Lipinski definition) is 0. The first-order chi connectivity index (χ1) is 9.31. The van der Waals surface area contributed by atoms with E-state index in [1.807, 2.05) is 24.8 Å². The molecule has 1 aromatic heterocycles. The van der Waals surface area contributed by atoms with Crippen LogP contribution >= 0.6 is 11.8 Å². The van der Waals surface area contributed by atoms with E-state index < -0.39 is 0 Å². The Morgan fingerprint density at radius 1 is 1.42 bits per heavy atom. The summed E-state index contributed by atoms with van der Waals surface area (Å²) < 4.78 is 7.23. The highest BCUT2D eigenvalue weighted by Gasteiger charge is 2.21. The molecule has 4 heteroatoms. The minimum absolute atomic E-state index is 0.149. The number of esters is 1. The van der Waals surface area contributed by atoms with E-state index in [-0.39, 0.29) is 5.97 Å². The second-order valence-electron chi connectivity index (χ2n) is 4.64. The molecular weight excluding hydrogens is 258 g/mol. The molecule has 2 heterocycles. The van der Waals surface area contributed by atoms with Gasteiger partial charge < -0.3 is 9.30 Å². The second kappa shape index (κ2) is 5.29. The number of nitrogens with zero attached hydrogens (tertiary/aromatic N) is 1. The topological polar surface area (TPSA) is 31.2 Å². The normalized spacial score (nSPS) is 14.4. The van der Waals surface area contributed by atoms with Gasteiger partial charge in [-0.1, -0.05) is 18.2 Å². The second-order valence-corrected chi connectivity index (χ2v) is 5.74. The van der Waals surface area contributed by atoms with E-state index in [0.29, 0.717) is 13.2 Å². The number of para-hydroxylation sites is 1. The van der Waals surface area contributed by atoms with Crippen molar-refractivity contribution in [3.05, 3.63) is 35.5 Å². The molecule has 19 heavy (non-hydrogen) atoms. The maximum atomic E-state index is 11.8. The van der Waals surface area contributed by atoms with Crippen LogP contribution in [-0.4, -0.2) is 22.9 Å². The van der Waals surface area contributed by atoms with Gasteiger partial charge in [0.2, 0.25) is 0 Å². The summed E-state index contributed by atoms with van der Waals surface area (Å²) in [7, 11) is 0. The lowest BCUT2D eigenvalue weighted by Gasteiger charge is -2.15. The van der Waals surface area contributed by atoms with Crippen LogP contribution in [0.25, 0.3) is 10.9 Å². The smallest absolute Gasteiger partial charge is 0.325 e. The third-order valence-corrected chi connectivity index (χ3v) is 4.50. The molecule has 1 aliphatic heterocycles. The van der Waals surface area contributed by atoms with Crippen molar-refractivity contribution in [2.45, 2.75) is 25.6 Å². The lowest BCUT2D eigenvalue weighted by atomic mass is 10.1. The molecule has 0 saturated heterocycles. The Morgan fingerprint density at radius 3 is 3.11 bits per heavy atom. The molecule has 3 nitrogen and oxygen atoms in total. The third kappa shape index (κ3) is 2.25. The molecule has 0 N–H and O–H groups in total. The molecule has 100 valence electrons. The number of thioether (sulfide) groups is 1. The summed E-state index contributed by atoms with van der Waals surface area (Å²) in [5.74, 6) is 2.03. The van der Waals surface area contributed by atoms with Crippen LogP contribution in [0.3, 0.4) is 0 Å². The van der Waals surface area contributed by atoms with Gasteiger partial charge in [0, 0.05) is 22.3 Å². The largest absolute Gasteiger partial charge is 0.465 e. The van der Waals surface area contributed by atoms with Crippen LogP contribution in [0.15, 0.2) is 24.3 Å². The first-order valence-corrected chi connectivity index (χ1v) is 7.79. The fourth-order valence-electron chi connectivity index (χ4n) is 2.73. The van der Waals surface area contributed by atoms with Crippen LogP contribution in [0.5, 0.6) is 0 Å². The fourth-order valence-corrected chi connectivity index (χ4v) is 3.74. The van der Waals surface area contributed by atoms with E-state index in [0.717, 1.165) is 23.4 Å². The predicted molar refractivity (Wildman–Crippen MR) is 78.4 cm³/mol. The number of carbonyl (C=O) groups excluding carboxylic acids is 1. The van der Waals surface area contributed by atoms with Crippen molar-refractivity contribution in [1.82, 2.24) is 4.57 Å². The first kappa shape index (κ1) is 12.6.